The molecule has 1 unspecified atom stereocenters. The van der Waals surface area contributed by atoms with Crippen LogP contribution in [-0.4, -0.2) is 37.1 Å². The fourth-order valence-corrected chi connectivity index (χ4v) is 4.70. The van der Waals surface area contributed by atoms with E-state index in [0.717, 1.165) is 35.6 Å². The summed E-state index contributed by atoms with van der Waals surface area (Å²) in [6, 6.07) is 16.2. The number of amides is 1. The van der Waals surface area contributed by atoms with Gasteiger partial charge in [-0.3, -0.25) is 4.79 Å². The molecule has 0 aliphatic carbocycles. The third kappa shape index (κ3) is 5.79. The number of hydrogen-bond acceptors (Lipinski definition) is 6. The van der Waals surface area contributed by atoms with Gasteiger partial charge in [0.1, 0.15) is 6.61 Å². The topological polar surface area (TPSA) is 63.7 Å². The average Bonchev–Trinajstić information content (AvgIpc) is 3.52. The minimum absolute atomic E-state index is 0.0681. The van der Waals surface area contributed by atoms with Crippen LogP contribution in [0.3, 0.4) is 0 Å². The van der Waals surface area contributed by atoms with Crippen molar-refractivity contribution in [3.8, 4) is 11.5 Å². The number of nitrogens with zero attached hydrogens (tertiary/aromatic N) is 2. The lowest BCUT2D eigenvalue weighted by molar-refractivity contribution is -0.121. The zero-order valence-corrected chi connectivity index (χ0v) is 19.1. The fraction of sp³-hybridized carbons (Fsp3) is 0.360. The summed E-state index contributed by atoms with van der Waals surface area (Å²) in [5.74, 6) is 1.45. The number of anilines is 1. The van der Waals surface area contributed by atoms with E-state index in [1.165, 1.54) is 0 Å². The van der Waals surface area contributed by atoms with Gasteiger partial charge in [-0.05, 0) is 42.5 Å². The molecule has 1 aromatic heterocycles. The average molecular weight is 452 g/mol. The molecule has 7 heteroatoms. The van der Waals surface area contributed by atoms with Gasteiger partial charge in [-0.2, -0.15) is 0 Å². The Hall–Kier alpha value is -3.06. The Kier molecular flexibility index (Phi) is 7.61. The van der Waals surface area contributed by atoms with Crippen LogP contribution in [0, 0.1) is 0 Å². The second-order valence-electron chi connectivity index (χ2n) is 7.87. The number of rotatable bonds is 10. The third-order valence-electron chi connectivity index (χ3n) is 5.68. The van der Waals surface area contributed by atoms with Gasteiger partial charge in [-0.15, -0.1) is 11.3 Å². The van der Waals surface area contributed by atoms with E-state index in [0.29, 0.717) is 43.5 Å². The molecule has 1 aliphatic heterocycles. The lowest BCUT2D eigenvalue weighted by Crippen LogP contribution is -2.40. The molecule has 4 rings (SSSR count). The normalized spacial score (nSPS) is 15.5. The summed E-state index contributed by atoms with van der Waals surface area (Å²) in [5.41, 5.74) is 2.15. The van der Waals surface area contributed by atoms with Gasteiger partial charge in [0.2, 0.25) is 5.91 Å². The molecule has 0 radical (unpaired) electrons. The summed E-state index contributed by atoms with van der Waals surface area (Å²) in [5, 5.41) is 6.15. The molecule has 1 saturated heterocycles. The van der Waals surface area contributed by atoms with Crippen molar-refractivity contribution in [2.75, 3.05) is 25.1 Å². The van der Waals surface area contributed by atoms with Gasteiger partial charge in [-0.1, -0.05) is 36.4 Å². The Labute approximate surface area is 193 Å². The predicted octanol–water partition coefficient (Wildman–Crippen LogP) is 4.45. The largest absolute Gasteiger partial charge is 0.493 e. The maximum atomic E-state index is 12.5. The molecule has 1 aliphatic rings. The van der Waals surface area contributed by atoms with Gasteiger partial charge in [0.05, 0.1) is 7.11 Å². The Morgan fingerprint density at radius 1 is 1.19 bits per heavy atom. The molecule has 2 heterocycles. The zero-order chi connectivity index (χ0) is 22.2. The van der Waals surface area contributed by atoms with E-state index in [-0.39, 0.29) is 5.91 Å². The Morgan fingerprint density at radius 3 is 2.84 bits per heavy atom. The molecular weight excluding hydrogens is 422 g/mol. The monoisotopic (exact) mass is 451 g/mol. The number of carbonyl (C=O) groups excluding carboxylic acids is 1. The number of aryl methyl sites for hydroxylation is 1. The number of aromatic nitrogens is 1. The van der Waals surface area contributed by atoms with E-state index in [4.69, 9.17) is 9.47 Å². The van der Waals surface area contributed by atoms with E-state index in [1.54, 1.807) is 18.4 Å². The van der Waals surface area contributed by atoms with Crippen molar-refractivity contribution < 1.29 is 14.3 Å². The Balaban J connectivity index is 1.27. The van der Waals surface area contributed by atoms with Crippen molar-refractivity contribution in [1.82, 2.24) is 10.3 Å². The highest BCUT2D eigenvalue weighted by Crippen LogP contribution is 2.29. The number of methoxy groups -OCH3 is 1. The van der Waals surface area contributed by atoms with E-state index >= 15 is 0 Å². The zero-order valence-electron chi connectivity index (χ0n) is 18.3. The lowest BCUT2D eigenvalue weighted by atomic mass is 10.1. The van der Waals surface area contributed by atoms with Crippen molar-refractivity contribution >= 4 is 22.4 Å². The first-order valence-corrected chi connectivity index (χ1v) is 11.9. The summed E-state index contributed by atoms with van der Waals surface area (Å²) in [6.45, 7) is 2.14. The summed E-state index contributed by atoms with van der Waals surface area (Å²) in [7, 11) is 1.63. The molecule has 32 heavy (non-hydrogen) atoms. The van der Waals surface area contributed by atoms with Gasteiger partial charge in [-0.25, -0.2) is 4.98 Å². The van der Waals surface area contributed by atoms with Crippen LogP contribution < -0.4 is 19.7 Å². The fourth-order valence-electron chi connectivity index (χ4n) is 3.96. The van der Waals surface area contributed by atoms with Crippen molar-refractivity contribution in [2.45, 2.75) is 38.3 Å². The van der Waals surface area contributed by atoms with E-state index in [1.807, 2.05) is 60.1 Å². The lowest BCUT2D eigenvalue weighted by Gasteiger charge is -2.24. The van der Waals surface area contributed by atoms with Crippen LogP contribution >= 0.6 is 11.3 Å². The molecule has 1 amide bonds. The number of thiazole rings is 1. The minimum Gasteiger partial charge on any atom is -0.493 e. The summed E-state index contributed by atoms with van der Waals surface area (Å²) in [4.78, 5) is 19.2. The van der Waals surface area contributed by atoms with Crippen molar-refractivity contribution in [3.05, 3.63) is 71.2 Å². The van der Waals surface area contributed by atoms with Crippen LogP contribution in [0.15, 0.2) is 60.1 Å². The molecule has 1 N–H and O–H groups in total. The van der Waals surface area contributed by atoms with E-state index < -0.39 is 0 Å². The molecule has 0 bridgehead atoms. The standard InChI is InChI=1S/C25H29N3O3S/c1-30-22-11-9-19(16-23(22)31-18-20-6-3-2-4-7-20)10-12-24(29)27-17-21-8-5-14-28(21)25-26-13-15-32-25/h2-4,6-7,9,11,13,15-16,21H,5,8,10,12,14,17-18H2,1H3,(H,27,29). The number of hydrogen-bond donors (Lipinski definition) is 1. The highest BCUT2D eigenvalue weighted by Gasteiger charge is 2.26. The first kappa shape index (κ1) is 22.1. The highest BCUT2D eigenvalue weighted by molar-refractivity contribution is 7.13. The van der Waals surface area contributed by atoms with Crippen LogP contribution in [0.2, 0.25) is 0 Å². The molecule has 168 valence electrons. The van der Waals surface area contributed by atoms with E-state index in [2.05, 4.69) is 15.2 Å². The van der Waals surface area contributed by atoms with Gasteiger partial charge in [0.15, 0.2) is 16.6 Å². The first-order valence-electron chi connectivity index (χ1n) is 11.0. The molecule has 3 aromatic rings. The van der Waals surface area contributed by atoms with Crippen LogP contribution in [-0.2, 0) is 17.8 Å². The quantitative estimate of drug-likeness (QED) is 0.493. The maximum absolute atomic E-state index is 12.5. The Morgan fingerprint density at radius 2 is 2.06 bits per heavy atom. The predicted molar refractivity (Wildman–Crippen MR) is 128 cm³/mol. The first-order chi connectivity index (χ1) is 15.7. The van der Waals surface area contributed by atoms with Crippen molar-refractivity contribution in [1.29, 1.82) is 0 Å². The van der Waals surface area contributed by atoms with Gasteiger partial charge < -0.3 is 19.7 Å². The number of benzene rings is 2. The molecule has 2 aromatic carbocycles. The summed E-state index contributed by atoms with van der Waals surface area (Å²) >= 11 is 1.65. The van der Waals surface area contributed by atoms with Crippen LogP contribution in [0.5, 0.6) is 11.5 Å². The summed E-state index contributed by atoms with van der Waals surface area (Å²) in [6.07, 6.45) is 5.14. The SMILES string of the molecule is COc1ccc(CCC(=O)NCC2CCCN2c2nccs2)cc1OCc1ccccc1. The van der Waals surface area contributed by atoms with E-state index in [9.17, 15) is 4.79 Å². The second kappa shape index (κ2) is 11.0. The van der Waals surface area contributed by atoms with Crippen LogP contribution in [0.4, 0.5) is 5.13 Å². The Bertz CT molecular complexity index is 995. The molecule has 0 saturated carbocycles. The maximum Gasteiger partial charge on any atom is 0.220 e. The number of ether oxygens (including phenoxy) is 2. The number of carbonyl (C=O) groups is 1. The van der Waals surface area contributed by atoms with Gasteiger partial charge in [0.25, 0.3) is 0 Å². The van der Waals surface area contributed by atoms with Gasteiger partial charge >= 0.3 is 0 Å². The van der Waals surface area contributed by atoms with Crippen molar-refractivity contribution in [3.63, 3.8) is 0 Å². The van der Waals surface area contributed by atoms with Crippen LogP contribution in [0.25, 0.3) is 0 Å². The molecule has 1 fully saturated rings. The molecule has 0 spiro atoms. The number of nitrogens with one attached hydrogen (secondary N) is 1. The summed E-state index contributed by atoms with van der Waals surface area (Å²) < 4.78 is 11.4. The minimum atomic E-state index is 0.0681. The van der Waals surface area contributed by atoms with Crippen LogP contribution in [0.1, 0.15) is 30.4 Å². The smallest absolute Gasteiger partial charge is 0.220 e. The van der Waals surface area contributed by atoms with Crippen molar-refractivity contribution in [2.24, 2.45) is 0 Å². The molecule has 6 nitrogen and oxygen atoms in total. The highest BCUT2D eigenvalue weighted by atomic mass is 32.1. The second-order valence-corrected chi connectivity index (χ2v) is 8.74. The third-order valence-corrected chi connectivity index (χ3v) is 6.49. The van der Waals surface area contributed by atoms with Gasteiger partial charge in [0, 0.05) is 37.1 Å². The molecular formula is C25H29N3O3S. The molecule has 1 atom stereocenters.